The predicted octanol–water partition coefficient (Wildman–Crippen LogP) is 4.04. The number of nitrogens with two attached hydrogens (primary N) is 1. The summed E-state index contributed by atoms with van der Waals surface area (Å²) in [5.41, 5.74) is 7.99. The third kappa shape index (κ3) is 3.48. The second kappa shape index (κ2) is 6.07. The molecule has 18 heavy (non-hydrogen) atoms. The summed E-state index contributed by atoms with van der Waals surface area (Å²) in [6.45, 7) is 3.34. The highest BCUT2D eigenvalue weighted by Crippen LogP contribution is 2.28. The van der Waals surface area contributed by atoms with Crippen molar-refractivity contribution in [2.75, 3.05) is 12.8 Å². The number of halogens is 1. The Morgan fingerprint density at radius 2 is 1.94 bits per heavy atom. The van der Waals surface area contributed by atoms with Crippen LogP contribution in [0, 0.1) is 5.92 Å². The Labute approximate surface area is 119 Å². The molecule has 3 heteroatoms. The predicted molar refractivity (Wildman–Crippen MR) is 81.4 cm³/mol. The first-order chi connectivity index (χ1) is 8.56. The van der Waals surface area contributed by atoms with E-state index < -0.39 is 0 Å². The van der Waals surface area contributed by atoms with Gasteiger partial charge in [-0.2, -0.15) is 0 Å². The topological polar surface area (TPSA) is 29.3 Å². The molecule has 2 nitrogen and oxygen atoms in total. The smallest absolute Gasteiger partial charge is 0.0318 e. The van der Waals surface area contributed by atoms with Gasteiger partial charge in [-0.05, 0) is 62.4 Å². The molecule has 1 aromatic carbocycles. The average Bonchev–Trinajstić information content (AvgIpc) is 2.34. The molecule has 2 N–H and O–H groups in total. The zero-order valence-corrected chi connectivity index (χ0v) is 12.9. The lowest BCUT2D eigenvalue weighted by atomic mass is 9.86. The molecule has 1 saturated carbocycles. The highest BCUT2D eigenvalue weighted by Gasteiger charge is 2.21. The molecule has 0 aliphatic heterocycles. The van der Waals surface area contributed by atoms with Gasteiger partial charge in [-0.25, -0.2) is 0 Å². The van der Waals surface area contributed by atoms with Gasteiger partial charge in [0.2, 0.25) is 0 Å². The van der Waals surface area contributed by atoms with Crippen molar-refractivity contribution in [3.05, 3.63) is 28.2 Å². The lowest BCUT2D eigenvalue weighted by molar-refractivity contribution is 0.163. The molecule has 0 heterocycles. The summed E-state index contributed by atoms with van der Waals surface area (Å²) in [5, 5.41) is 0. The summed E-state index contributed by atoms with van der Waals surface area (Å²) < 4.78 is 1.16. The van der Waals surface area contributed by atoms with Gasteiger partial charge >= 0.3 is 0 Å². The van der Waals surface area contributed by atoms with Gasteiger partial charge in [0, 0.05) is 22.7 Å². The fourth-order valence-electron chi connectivity index (χ4n) is 2.80. The van der Waals surface area contributed by atoms with Crippen molar-refractivity contribution in [1.82, 2.24) is 4.90 Å². The Balaban J connectivity index is 1.98. The highest BCUT2D eigenvalue weighted by molar-refractivity contribution is 9.10. The van der Waals surface area contributed by atoms with Crippen LogP contribution in [0.25, 0.3) is 0 Å². The van der Waals surface area contributed by atoms with E-state index in [2.05, 4.69) is 40.9 Å². The Hall–Kier alpha value is -0.540. The van der Waals surface area contributed by atoms with E-state index in [4.69, 9.17) is 5.73 Å². The van der Waals surface area contributed by atoms with Gasteiger partial charge < -0.3 is 5.73 Å². The molecular weight excluding hydrogens is 288 g/mol. The zero-order valence-electron chi connectivity index (χ0n) is 11.3. The maximum atomic E-state index is 5.86. The van der Waals surface area contributed by atoms with Crippen molar-refractivity contribution < 1.29 is 0 Å². The van der Waals surface area contributed by atoms with Crippen molar-refractivity contribution in [2.24, 2.45) is 5.92 Å². The molecule has 1 aromatic rings. The molecule has 0 aromatic heterocycles. The molecule has 1 aliphatic rings. The van der Waals surface area contributed by atoms with Crippen LogP contribution in [0.3, 0.4) is 0 Å². The Bertz CT molecular complexity index is 397. The van der Waals surface area contributed by atoms with Crippen molar-refractivity contribution in [1.29, 1.82) is 0 Å². The van der Waals surface area contributed by atoms with E-state index in [0.29, 0.717) is 0 Å². The molecule has 100 valence electrons. The highest BCUT2D eigenvalue weighted by atomic mass is 79.9. The van der Waals surface area contributed by atoms with Crippen LogP contribution in [-0.2, 0) is 6.54 Å². The van der Waals surface area contributed by atoms with Crippen LogP contribution < -0.4 is 5.73 Å². The van der Waals surface area contributed by atoms with E-state index in [9.17, 15) is 0 Å². The molecule has 0 radical (unpaired) electrons. The number of anilines is 1. The second-order valence-electron chi connectivity index (χ2n) is 5.68. The van der Waals surface area contributed by atoms with Crippen LogP contribution in [-0.4, -0.2) is 18.0 Å². The standard InChI is InChI=1S/C15H23BrN2/c1-11-3-6-14(7-4-11)18(2)10-12-9-13(17)5-8-15(12)16/h5,8-9,11,14H,3-4,6-7,10,17H2,1-2H3. The van der Waals surface area contributed by atoms with Gasteiger partial charge in [-0.15, -0.1) is 0 Å². The van der Waals surface area contributed by atoms with Crippen LogP contribution in [0.2, 0.25) is 0 Å². The molecule has 0 bridgehead atoms. The quantitative estimate of drug-likeness (QED) is 0.854. The van der Waals surface area contributed by atoms with Crippen LogP contribution >= 0.6 is 15.9 Å². The third-order valence-corrected chi connectivity index (χ3v) is 4.87. The van der Waals surface area contributed by atoms with E-state index in [0.717, 1.165) is 28.7 Å². The van der Waals surface area contributed by atoms with Crippen LogP contribution in [0.4, 0.5) is 5.69 Å². The largest absolute Gasteiger partial charge is 0.399 e. The maximum absolute atomic E-state index is 5.86. The van der Waals surface area contributed by atoms with Gasteiger partial charge in [-0.1, -0.05) is 22.9 Å². The van der Waals surface area contributed by atoms with E-state index in [1.54, 1.807) is 0 Å². The lowest BCUT2D eigenvalue weighted by Crippen LogP contribution is -2.34. The van der Waals surface area contributed by atoms with E-state index in [1.165, 1.54) is 31.2 Å². The minimum absolute atomic E-state index is 0.731. The van der Waals surface area contributed by atoms with Gasteiger partial charge in [0.1, 0.15) is 0 Å². The molecule has 2 rings (SSSR count). The number of nitrogen functional groups attached to an aromatic ring is 1. The summed E-state index contributed by atoms with van der Waals surface area (Å²) in [6, 6.07) is 6.79. The van der Waals surface area contributed by atoms with Gasteiger partial charge in [0.25, 0.3) is 0 Å². The number of benzene rings is 1. The summed E-state index contributed by atoms with van der Waals surface area (Å²) in [6.07, 6.45) is 5.40. The van der Waals surface area contributed by atoms with Crippen LogP contribution in [0.1, 0.15) is 38.2 Å². The average molecular weight is 311 g/mol. The first-order valence-electron chi connectivity index (χ1n) is 6.80. The SMILES string of the molecule is CC1CCC(N(C)Cc2cc(N)ccc2Br)CC1. The number of nitrogens with zero attached hydrogens (tertiary/aromatic N) is 1. The molecular formula is C15H23BrN2. The third-order valence-electron chi connectivity index (χ3n) is 4.10. The summed E-state index contributed by atoms with van der Waals surface area (Å²) in [5.74, 6) is 0.911. The van der Waals surface area contributed by atoms with Gasteiger partial charge in [0.15, 0.2) is 0 Å². The minimum Gasteiger partial charge on any atom is -0.399 e. The Kier molecular flexibility index (Phi) is 4.68. The fourth-order valence-corrected chi connectivity index (χ4v) is 3.17. The minimum atomic E-state index is 0.731. The van der Waals surface area contributed by atoms with Gasteiger partial charge in [0.05, 0.1) is 0 Å². The summed E-state index contributed by atoms with van der Waals surface area (Å²) in [7, 11) is 2.23. The lowest BCUT2D eigenvalue weighted by Gasteiger charge is -2.33. The van der Waals surface area contributed by atoms with Crippen molar-refractivity contribution in [3.8, 4) is 0 Å². The first kappa shape index (κ1) is 13.9. The summed E-state index contributed by atoms with van der Waals surface area (Å²) >= 11 is 3.61. The van der Waals surface area contributed by atoms with E-state index >= 15 is 0 Å². The normalized spacial score (nSPS) is 24.4. The van der Waals surface area contributed by atoms with Crippen LogP contribution in [0.5, 0.6) is 0 Å². The maximum Gasteiger partial charge on any atom is 0.0318 e. The molecule has 0 saturated heterocycles. The summed E-state index contributed by atoms with van der Waals surface area (Å²) in [4.78, 5) is 2.48. The van der Waals surface area contributed by atoms with Gasteiger partial charge in [-0.3, -0.25) is 4.90 Å². The number of hydrogen-bond donors (Lipinski definition) is 1. The van der Waals surface area contributed by atoms with Crippen LogP contribution in [0.15, 0.2) is 22.7 Å². The number of hydrogen-bond acceptors (Lipinski definition) is 2. The van der Waals surface area contributed by atoms with E-state index in [1.807, 2.05) is 12.1 Å². The Morgan fingerprint density at radius 1 is 1.28 bits per heavy atom. The van der Waals surface area contributed by atoms with Crippen molar-refractivity contribution >= 4 is 21.6 Å². The molecule has 0 unspecified atom stereocenters. The molecule has 1 fully saturated rings. The fraction of sp³-hybridized carbons (Fsp3) is 0.600. The monoisotopic (exact) mass is 310 g/mol. The number of rotatable bonds is 3. The molecule has 0 spiro atoms. The van der Waals surface area contributed by atoms with Crippen molar-refractivity contribution in [3.63, 3.8) is 0 Å². The molecule has 0 amide bonds. The molecule has 0 atom stereocenters. The zero-order chi connectivity index (χ0) is 13.1. The second-order valence-corrected chi connectivity index (χ2v) is 6.53. The van der Waals surface area contributed by atoms with Crippen molar-refractivity contribution in [2.45, 2.75) is 45.2 Å². The molecule has 1 aliphatic carbocycles. The Morgan fingerprint density at radius 3 is 2.61 bits per heavy atom. The first-order valence-corrected chi connectivity index (χ1v) is 7.59. The van der Waals surface area contributed by atoms with E-state index in [-0.39, 0.29) is 0 Å².